The van der Waals surface area contributed by atoms with Crippen LogP contribution in [-0.2, 0) is 0 Å². The van der Waals surface area contributed by atoms with E-state index in [1.54, 1.807) is 0 Å². The highest BCUT2D eigenvalue weighted by Crippen LogP contribution is 2.43. The zero-order valence-corrected chi connectivity index (χ0v) is 10.0. The summed E-state index contributed by atoms with van der Waals surface area (Å²) in [7, 11) is 0. The van der Waals surface area contributed by atoms with Crippen LogP contribution in [0.2, 0.25) is 0 Å². The van der Waals surface area contributed by atoms with Crippen molar-refractivity contribution in [1.82, 2.24) is 0 Å². The first-order chi connectivity index (χ1) is 8.29. The molecular weight excluding hydrogens is 208 g/mol. The third-order valence-corrected chi connectivity index (χ3v) is 3.11. The summed E-state index contributed by atoms with van der Waals surface area (Å²) in [6, 6.07) is 14.5. The van der Waals surface area contributed by atoms with Gasteiger partial charge < -0.3 is 4.74 Å². The van der Waals surface area contributed by atoms with Gasteiger partial charge in [0.05, 0.1) is 0 Å². The molecule has 0 N–H and O–H groups in total. The van der Waals surface area contributed by atoms with E-state index in [2.05, 4.69) is 38.1 Å². The highest BCUT2D eigenvalue weighted by molar-refractivity contribution is 5.87. The van der Waals surface area contributed by atoms with Gasteiger partial charge in [0.1, 0.15) is 11.5 Å². The van der Waals surface area contributed by atoms with Gasteiger partial charge in [-0.3, -0.25) is 0 Å². The molecule has 1 aliphatic rings. The molecule has 1 nitrogen and oxygen atoms in total. The molecule has 0 fully saturated rings. The van der Waals surface area contributed by atoms with E-state index >= 15 is 0 Å². The van der Waals surface area contributed by atoms with Crippen LogP contribution in [0, 0.1) is 6.92 Å². The Morgan fingerprint density at radius 3 is 2.53 bits per heavy atom. The minimum absolute atomic E-state index is 0.942. The molecule has 17 heavy (non-hydrogen) atoms. The molecule has 2 aromatic carbocycles. The molecule has 0 bridgehead atoms. The Kier molecular flexibility index (Phi) is 2.25. The minimum Gasteiger partial charge on any atom is -0.456 e. The second-order valence-corrected chi connectivity index (χ2v) is 4.30. The maximum absolute atomic E-state index is 5.92. The maximum Gasteiger partial charge on any atom is 0.135 e. The molecule has 0 amide bonds. The Morgan fingerprint density at radius 2 is 1.71 bits per heavy atom. The first kappa shape index (κ1) is 10.2. The SMILES string of the molecule is C/C=C1\c2ccccc2Oc2ccc(C)cc21. The molecule has 0 saturated carbocycles. The molecule has 1 heterocycles. The average molecular weight is 222 g/mol. The van der Waals surface area contributed by atoms with E-state index in [0.29, 0.717) is 0 Å². The Hall–Kier alpha value is -2.02. The Labute approximate surface area is 101 Å². The number of aryl methyl sites for hydroxylation is 1. The molecule has 0 aliphatic carbocycles. The zero-order chi connectivity index (χ0) is 11.8. The summed E-state index contributed by atoms with van der Waals surface area (Å²) in [5, 5.41) is 0. The second-order valence-electron chi connectivity index (χ2n) is 4.30. The fourth-order valence-corrected chi connectivity index (χ4v) is 2.30. The summed E-state index contributed by atoms with van der Waals surface area (Å²) in [5.74, 6) is 1.89. The lowest BCUT2D eigenvalue weighted by atomic mass is 9.93. The standard InChI is InChI=1S/C16H14O/c1-3-12-13-6-4-5-7-15(13)17-16-9-8-11(2)10-14(12)16/h3-10H,1-2H3/b12-3+. The smallest absolute Gasteiger partial charge is 0.135 e. The minimum atomic E-state index is 0.942. The molecule has 0 saturated heterocycles. The maximum atomic E-state index is 5.92. The Bertz CT molecular complexity index is 609. The monoisotopic (exact) mass is 222 g/mol. The van der Waals surface area contributed by atoms with Crippen LogP contribution in [-0.4, -0.2) is 0 Å². The van der Waals surface area contributed by atoms with E-state index in [1.807, 2.05) is 24.3 Å². The first-order valence-electron chi connectivity index (χ1n) is 5.84. The number of benzene rings is 2. The lowest BCUT2D eigenvalue weighted by Gasteiger charge is -2.23. The predicted octanol–water partition coefficient (Wildman–Crippen LogP) is 4.55. The summed E-state index contributed by atoms with van der Waals surface area (Å²) in [6.45, 7) is 4.18. The van der Waals surface area contributed by atoms with E-state index in [-0.39, 0.29) is 0 Å². The van der Waals surface area contributed by atoms with Crippen LogP contribution >= 0.6 is 0 Å². The topological polar surface area (TPSA) is 9.23 Å². The van der Waals surface area contributed by atoms with Crippen LogP contribution < -0.4 is 4.74 Å². The lowest BCUT2D eigenvalue weighted by Crippen LogP contribution is -2.02. The van der Waals surface area contributed by atoms with Gasteiger partial charge in [-0.25, -0.2) is 0 Å². The van der Waals surface area contributed by atoms with Crippen LogP contribution in [0.4, 0.5) is 0 Å². The van der Waals surface area contributed by atoms with Gasteiger partial charge in [-0.05, 0) is 37.6 Å². The van der Waals surface area contributed by atoms with Gasteiger partial charge in [-0.1, -0.05) is 35.9 Å². The number of hydrogen-bond acceptors (Lipinski definition) is 1. The molecule has 1 aliphatic heterocycles. The Morgan fingerprint density at radius 1 is 0.941 bits per heavy atom. The van der Waals surface area contributed by atoms with Crippen molar-refractivity contribution < 1.29 is 4.74 Å². The van der Waals surface area contributed by atoms with Crippen molar-refractivity contribution >= 4 is 5.57 Å². The largest absolute Gasteiger partial charge is 0.456 e. The number of fused-ring (bicyclic) bond motifs is 2. The third-order valence-electron chi connectivity index (χ3n) is 3.11. The summed E-state index contributed by atoms with van der Waals surface area (Å²) in [6.07, 6.45) is 2.15. The fourth-order valence-electron chi connectivity index (χ4n) is 2.30. The summed E-state index contributed by atoms with van der Waals surface area (Å²) in [4.78, 5) is 0. The molecule has 2 aromatic rings. The molecule has 84 valence electrons. The number of hydrogen-bond donors (Lipinski definition) is 0. The quantitative estimate of drug-likeness (QED) is 0.542. The van der Waals surface area contributed by atoms with E-state index in [4.69, 9.17) is 4.74 Å². The molecule has 0 radical (unpaired) electrons. The molecule has 0 atom stereocenters. The van der Waals surface area contributed by atoms with Crippen LogP contribution in [0.25, 0.3) is 5.57 Å². The number of rotatable bonds is 0. The second kappa shape index (κ2) is 3.77. The molecule has 0 spiro atoms. The molecule has 0 aromatic heterocycles. The van der Waals surface area contributed by atoms with Crippen molar-refractivity contribution in [3.8, 4) is 11.5 Å². The normalized spacial score (nSPS) is 15.1. The average Bonchev–Trinajstić information content (AvgIpc) is 2.36. The predicted molar refractivity (Wildman–Crippen MR) is 70.4 cm³/mol. The zero-order valence-electron chi connectivity index (χ0n) is 10.0. The molecule has 3 rings (SSSR count). The molecule has 0 unspecified atom stereocenters. The lowest BCUT2D eigenvalue weighted by molar-refractivity contribution is 0.474. The van der Waals surface area contributed by atoms with Gasteiger partial charge in [0, 0.05) is 11.1 Å². The van der Waals surface area contributed by atoms with Crippen molar-refractivity contribution in [3.05, 3.63) is 65.2 Å². The van der Waals surface area contributed by atoms with Gasteiger partial charge in [-0.15, -0.1) is 0 Å². The van der Waals surface area contributed by atoms with Crippen LogP contribution in [0.1, 0.15) is 23.6 Å². The number of ether oxygens (including phenoxy) is 1. The van der Waals surface area contributed by atoms with Gasteiger partial charge >= 0.3 is 0 Å². The van der Waals surface area contributed by atoms with Crippen LogP contribution in [0.5, 0.6) is 11.5 Å². The number of para-hydroxylation sites is 1. The summed E-state index contributed by atoms with van der Waals surface area (Å²) >= 11 is 0. The fraction of sp³-hybridized carbons (Fsp3) is 0.125. The van der Waals surface area contributed by atoms with Gasteiger partial charge in [-0.2, -0.15) is 0 Å². The van der Waals surface area contributed by atoms with Gasteiger partial charge in [0.25, 0.3) is 0 Å². The van der Waals surface area contributed by atoms with E-state index in [9.17, 15) is 0 Å². The first-order valence-corrected chi connectivity index (χ1v) is 5.84. The van der Waals surface area contributed by atoms with Crippen molar-refractivity contribution in [1.29, 1.82) is 0 Å². The van der Waals surface area contributed by atoms with Gasteiger partial charge in [0.2, 0.25) is 0 Å². The van der Waals surface area contributed by atoms with Gasteiger partial charge in [0.15, 0.2) is 0 Å². The Balaban J connectivity index is 2.27. The van der Waals surface area contributed by atoms with E-state index in [0.717, 1.165) is 11.5 Å². The van der Waals surface area contributed by atoms with Crippen molar-refractivity contribution in [2.45, 2.75) is 13.8 Å². The number of allylic oxidation sites excluding steroid dienone is 1. The third kappa shape index (κ3) is 1.55. The van der Waals surface area contributed by atoms with Crippen molar-refractivity contribution in [2.24, 2.45) is 0 Å². The van der Waals surface area contributed by atoms with E-state index < -0.39 is 0 Å². The highest BCUT2D eigenvalue weighted by atomic mass is 16.5. The summed E-state index contributed by atoms with van der Waals surface area (Å²) < 4.78 is 5.92. The van der Waals surface area contributed by atoms with Crippen molar-refractivity contribution in [3.63, 3.8) is 0 Å². The van der Waals surface area contributed by atoms with E-state index in [1.165, 1.54) is 22.3 Å². The molecule has 1 heteroatoms. The summed E-state index contributed by atoms with van der Waals surface area (Å²) in [5.41, 5.74) is 4.87. The highest BCUT2D eigenvalue weighted by Gasteiger charge is 2.20. The van der Waals surface area contributed by atoms with Crippen LogP contribution in [0.3, 0.4) is 0 Å². The van der Waals surface area contributed by atoms with Crippen molar-refractivity contribution in [2.75, 3.05) is 0 Å². The molecular formula is C16H14O. The van der Waals surface area contributed by atoms with Crippen LogP contribution in [0.15, 0.2) is 48.5 Å².